The molecule has 4 nitrogen and oxygen atoms in total. The number of thiocarbonyl (C=S) groups is 1. The van der Waals surface area contributed by atoms with Crippen LogP contribution in [0.1, 0.15) is 12.6 Å². The monoisotopic (exact) mass is 198 g/mol. The van der Waals surface area contributed by atoms with E-state index in [1.807, 2.05) is 13.2 Å². The van der Waals surface area contributed by atoms with Crippen LogP contribution < -0.4 is 10.6 Å². The molecule has 0 atom stereocenters. The molecule has 1 aromatic heterocycles. The van der Waals surface area contributed by atoms with Gasteiger partial charge in [0.25, 0.3) is 0 Å². The van der Waals surface area contributed by atoms with E-state index in [1.165, 1.54) is 0 Å². The minimum Gasteiger partial charge on any atom is -0.366 e. The minimum absolute atomic E-state index is 0.614. The first-order valence-electron chi connectivity index (χ1n) is 4.18. The van der Waals surface area contributed by atoms with Crippen molar-refractivity contribution < 1.29 is 0 Å². The van der Waals surface area contributed by atoms with Gasteiger partial charge in [-0.1, -0.05) is 6.92 Å². The average molecular weight is 198 g/mol. The molecule has 0 unspecified atom stereocenters. The van der Waals surface area contributed by atoms with Crippen molar-refractivity contribution >= 4 is 23.0 Å². The molecule has 0 aliphatic rings. The third kappa shape index (κ3) is 2.42. The zero-order valence-corrected chi connectivity index (χ0v) is 8.90. The van der Waals surface area contributed by atoms with Gasteiger partial charge in [-0.15, -0.1) is 0 Å². The Morgan fingerprint density at radius 2 is 2.38 bits per heavy atom. The van der Waals surface area contributed by atoms with Gasteiger partial charge in [-0.2, -0.15) is 5.10 Å². The van der Waals surface area contributed by atoms with E-state index >= 15 is 0 Å². The molecule has 0 aliphatic heterocycles. The van der Waals surface area contributed by atoms with E-state index in [2.05, 4.69) is 22.7 Å². The lowest BCUT2D eigenvalue weighted by Gasteiger charge is -2.04. The van der Waals surface area contributed by atoms with E-state index in [0.717, 1.165) is 17.8 Å². The zero-order chi connectivity index (χ0) is 9.84. The van der Waals surface area contributed by atoms with E-state index in [9.17, 15) is 0 Å². The lowest BCUT2D eigenvalue weighted by atomic mass is 10.3. The Morgan fingerprint density at radius 3 is 2.92 bits per heavy atom. The fourth-order valence-electron chi connectivity index (χ4n) is 1.08. The minimum atomic E-state index is 0.614. The van der Waals surface area contributed by atoms with E-state index in [1.54, 1.807) is 11.7 Å². The van der Waals surface area contributed by atoms with E-state index in [0.29, 0.717) is 5.11 Å². The standard InChI is InChI=1S/C8H14N4S/c1-4-6-7(5-12(3)11-6)10-8(13)9-2/h5H,4H2,1-3H3,(H2,9,10,13). The highest BCUT2D eigenvalue weighted by atomic mass is 32.1. The highest BCUT2D eigenvalue weighted by molar-refractivity contribution is 7.80. The molecular formula is C8H14N4S. The van der Waals surface area contributed by atoms with E-state index in [-0.39, 0.29) is 0 Å². The van der Waals surface area contributed by atoms with Crippen molar-refractivity contribution in [2.24, 2.45) is 7.05 Å². The van der Waals surface area contributed by atoms with Gasteiger partial charge in [0.05, 0.1) is 11.4 Å². The Hall–Kier alpha value is -1.10. The molecule has 0 aromatic carbocycles. The van der Waals surface area contributed by atoms with Gasteiger partial charge >= 0.3 is 0 Å². The molecule has 0 saturated carbocycles. The van der Waals surface area contributed by atoms with Gasteiger partial charge in [0, 0.05) is 20.3 Å². The third-order valence-corrected chi connectivity index (χ3v) is 2.02. The number of nitrogens with one attached hydrogen (secondary N) is 2. The predicted molar refractivity (Wildman–Crippen MR) is 57.9 cm³/mol. The fraction of sp³-hybridized carbons (Fsp3) is 0.500. The van der Waals surface area contributed by atoms with E-state index in [4.69, 9.17) is 12.2 Å². The van der Waals surface area contributed by atoms with Gasteiger partial charge in [0.2, 0.25) is 0 Å². The maximum absolute atomic E-state index is 4.99. The summed E-state index contributed by atoms with van der Waals surface area (Å²) in [6, 6.07) is 0. The van der Waals surface area contributed by atoms with Crippen LogP contribution in [0.5, 0.6) is 0 Å². The van der Waals surface area contributed by atoms with Crippen LogP contribution in [0.3, 0.4) is 0 Å². The smallest absolute Gasteiger partial charge is 0.170 e. The Bertz CT molecular complexity index is 305. The molecule has 0 aliphatic carbocycles. The molecule has 0 saturated heterocycles. The van der Waals surface area contributed by atoms with E-state index < -0.39 is 0 Å². The van der Waals surface area contributed by atoms with Crippen LogP contribution in [-0.2, 0) is 13.5 Å². The summed E-state index contributed by atoms with van der Waals surface area (Å²) in [5, 5.41) is 10.8. The van der Waals surface area contributed by atoms with Gasteiger partial charge in [-0.3, -0.25) is 4.68 Å². The quantitative estimate of drug-likeness (QED) is 0.693. The molecule has 2 N–H and O–H groups in total. The van der Waals surface area contributed by atoms with Crippen molar-refractivity contribution in [2.45, 2.75) is 13.3 Å². The number of aromatic nitrogens is 2. The Morgan fingerprint density at radius 1 is 1.69 bits per heavy atom. The van der Waals surface area contributed by atoms with Crippen LogP contribution in [0.25, 0.3) is 0 Å². The van der Waals surface area contributed by atoms with Crippen molar-refractivity contribution in [1.29, 1.82) is 0 Å². The summed E-state index contributed by atoms with van der Waals surface area (Å²) >= 11 is 4.99. The van der Waals surface area contributed by atoms with Crippen LogP contribution in [0.15, 0.2) is 6.20 Å². The summed E-state index contributed by atoms with van der Waals surface area (Å²) in [5.74, 6) is 0. The summed E-state index contributed by atoms with van der Waals surface area (Å²) in [5.41, 5.74) is 2.00. The summed E-state index contributed by atoms with van der Waals surface area (Å²) in [7, 11) is 3.68. The highest BCUT2D eigenvalue weighted by Gasteiger charge is 2.05. The number of nitrogens with zero attached hydrogens (tertiary/aromatic N) is 2. The first-order valence-corrected chi connectivity index (χ1v) is 4.59. The van der Waals surface area contributed by atoms with Crippen LogP contribution in [0.2, 0.25) is 0 Å². The van der Waals surface area contributed by atoms with Crippen LogP contribution in [-0.4, -0.2) is 21.9 Å². The first kappa shape index (κ1) is 9.98. The zero-order valence-electron chi connectivity index (χ0n) is 8.09. The van der Waals surface area contributed by atoms with Gasteiger partial charge in [-0.05, 0) is 18.6 Å². The topological polar surface area (TPSA) is 41.9 Å². The Balaban J connectivity index is 2.80. The van der Waals surface area contributed by atoms with Crippen molar-refractivity contribution in [2.75, 3.05) is 12.4 Å². The van der Waals surface area contributed by atoms with Crippen molar-refractivity contribution in [1.82, 2.24) is 15.1 Å². The molecular weight excluding hydrogens is 184 g/mol. The lowest BCUT2D eigenvalue weighted by molar-refractivity contribution is 0.746. The molecule has 0 amide bonds. The summed E-state index contributed by atoms with van der Waals surface area (Å²) in [4.78, 5) is 0. The molecule has 13 heavy (non-hydrogen) atoms. The summed E-state index contributed by atoms with van der Waals surface area (Å²) in [6.45, 7) is 2.07. The number of rotatable bonds is 2. The second-order valence-electron chi connectivity index (χ2n) is 2.72. The molecule has 0 spiro atoms. The summed E-state index contributed by atoms with van der Waals surface area (Å²) < 4.78 is 1.78. The number of anilines is 1. The number of hydrogen-bond acceptors (Lipinski definition) is 2. The second kappa shape index (κ2) is 4.23. The second-order valence-corrected chi connectivity index (χ2v) is 3.13. The largest absolute Gasteiger partial charge is 0.366 e. The maximum Gasteiger partial charge on any atom is 0.170 e. The van der Waals surface area contributed by atoms with Crippen molar-refractivity contribution in [3.8, 4) is 0 Å². The highest BCUT2D eigenvalue weighted by Crippen LogP contribution is 2.12. The molecule has 1 heterocycles. The molecule has 0 radical (unpaired) electrons. The molecule has 5 heteroatoms. The molecule has 0 fully saturated rings. The molecule has 72 valence electrons. The van der Waals surface area contributed by atoms with Gasteiger partial charge in [0.15, 0.2) is 5.11 Å². The van der Waals surface area contributed by atoms with Crippen LogP contribution >= 0.6 is 12.2 Å². The Labute approximate surface area is 83.3 Å². The van der Waals surface area contributed by atoms with Crippen LogP contribution in [0, 0.1) is 0 Å². The van der Waals surface area contributed by atoms with Gasteiger partial charge in [-0.25, -0.2) is 0 Å². The molecule has 1 aromatic rings. The van der Waals surface area contributed by atoms with Crippen molar-refractivity contribution in [3.63, 3.8) is 0 Å². The molecule has 0 bridgehead atoms. The SMILES string of the molecule is CCc1nn(C)cc1NC(=S)NC. The number of aryl methyl sites for hydroxylation is 2. The van der Waals surface area contributed by atoms with Crippen LogP contribution in [0.4, 0.5) is 5.69 Å². The normalized spacial score (nSPS) is 9.77. The third-order valence-electron chi connectivity index (χ3n) is 1.72. The van der Waals surface area contributed by atoms with Crippen molar-refractivity contribution in [3.05, 3.63) is 11.9 Å². The van der Waals surface area contributed by atoms with Gasteiger partial charge in [0.1, 0.15) is 0 Å². The fourth-order valence-corrected chi connectivity index (χ4v) is 1.19. The lowest BCUT2D eigenvalue weighted by Crippen LogP contribution is -2.24. The summed E-state index contributed by atoms with van der Waals surface area (Å²) in [6.07, 6.45) is 2.82. The van der Waals surface area contributed by atoms with Gasteiger partial charge < -0.3 is 10.6 Å². The maximum atomic E-state index is 4.99. The first-order chi connectivity index (χ1) is 6.17. The number of hydrogen-bond donors (Lipinski definition) is 2. The molecule has 1 rings (SSSR count). The average Bonchev–Trinajstić information content (AvgIpc) is 2.46. The Kier molecular flexibility index (Phi) is 3.25. The predicted octanol–water partition coefficient (Wildman–Crippen LogP) is 0.899.